The second-order valence-corrected chi connectivity index (χ2v) is 5.39. The molecule has 5 nitrogen and oxygen atoms in total. The number of hydrogen-bond acceptors (Lipinski definition) is 4. The van der Waals surface area contributed by atoms with Crippen LogP contribution in [-0.2, 0) is 6.54 Å². The van der Waals surface area contributed by atoms with Gasteiger partial charge in [0.15, 0.2) is 0 Å². The van der Waals surface area contributed by atoms with Crippen molar-refractivity contribution >= 4 is 28.3 Å². The quantitative estimate of drug-likeness (QED) is 0.485. The van der Waals surface area contributed by atoms with Crippen molar-refractivity contribution in [2.24, 2.45) is 0 Å². The van der Waals surface area contributed by atoms with E-state index in [4.69, 9.17) is 4.74 Å². The van der Waals surface area contributed by atoms with Gasteiger partial charge in [-0.3, -0.25) is 10.1 Å². The number of nitrogens with one attached hydrogen (secondary N) is 1. The molecular weight excluding hydrogens is 371 g/mol. The second-order valence-electron chi connectivity index (χ2n) is 4.15. The summed E-state index contributed by atoms with van der Waals surface area (Å²) in [6.07, 6.45) is 0. The van der Waals surface area contributed by atoms with Gasteiger partial charge in [-0.1, -0.05) is 12.1 Å². The van der Waals surface area contributed by atoms with Crippen LogP contribution >= 0.6 is 22.6 Å². The molecule has 6 heteroatoms. The van der Waals surface area contributed by atoms with E-state index in [-0.39, 0.29) is 11.4 Å². The molecule has 0 amide bonds. The van der Waals surface area contributed by atoms with Crippen LogP contribution in [0.15, 0.2) is 42.5 Å². The Kier molecular flexibility index (Phi) is 4.91. The van der Waals surface area contributed by atoms with Gasteiger partial charge in [-0.15, -0.1) is 0 Å². The maximum Gasteiger partial charge on any atom is 0.312 e. The number of ether oxygens (including phenoxy) is 1. The van der Waals surface area contributed by atoms with E-state index in [1.54, 1.807) is 18.2 Å². The van der Waals surface area contributed by atoms with Crippen LogP contribution in [-0.4, -0.2) is 12.0 Å². The van der Waals surface area contributed by atoms with Gasteiger partial charge in [-0.2, -0.15) is 0 Å². The lowest BCUT2D eigenvalue weighted by Crippen LogP contribution is -2.04. The lowest BCUT2D eigenvalue weighted by atomic mass is 10.2. The van der Waals surface area contributed by atoms with Crippen molar-refractivity contribution in [2.45, 2.75) is 6.54 Å². The minimum absolute atomic E-state index is 0.0316. The molecule has 0 aliphatic carbocycles. The van der Waals surface area contributed by atoms with Crippen molar-refractivity contribution in [2.75, 3.05) is 7.05 Å². The number of halogens is 1. The van der Waals surface area contributed by atoms with Crippen LogP contribution in [0.5, 0.6) is 11.5 Å². The molecule has 0 bridgehead atoms. The van der Waals surface area contributed by atoms with Gasteiger partial charge < -0.3 is 10.1 Å². The minimum Gasteiger partial charge on any atom is -0.450 e. The van der Waals surface area contributed by atoms with E-state index in [2.05, 4.69) is 5.32 Å². The first-order valence-corrected chi connectivity index (χ1v) is 7.03. The molecule has 0 heterocycles. The molecule has 0 saturated heterocycles. The lowest BCUT2D eigenvalue weighted by Gasteiger charge is -2.08. The maximum atomic E-state index is 11.0. The van der Waals surface area contributed by atoms with Gasteiger partial charge in [0.2, 0.25) is 5.75 Å². The summed E-state index contributed by atoms with van der Waals surface area (Å²) in [6, 6.07) is 12.4. The monoisotopic (exact) mass is 384 g/mol. The van der Waals surface area contributed by atoms with E-state index >= 15 is 0 Å². The molecule has 2 aromatic carbocycles. The zero-order chi connectivity index (χ0) is 14.5. The normalized spacial score (nSPS) is 10.3. The fourth-order valence-corrected chi connectivity index (χ4v) is 2.24. The second kappa shape index (κ2) is 6.67. The molecule has 0 radical (unpaired) electrons. The van der Waals surface area contributed by atoms with E-state index < -0.39 is 4.92 Å². The first-order valence-electron chi connectivity index (χ1n) is 5.95. The fourth-order valence-electron chi connectivity index (χ4n) is 1.77. The smallest absolute Gasteiger partial charge is 0.312 e. The number of benzene rings is 2. The molecule has 0 aliphatic rings. The van der Waals surface area contributed by atoms with Gasteiger partial charge in [0.05, 0.1) is 4.92 Å². The summed E-state index contributed by atoms with van der Waals surface area (Å²) in [5.74, 6) is 0.832. The van der Waals surface area contributed by atoms with Gasteiger partial charge in [-0.25, -0.2) is 0 Å². The van der Waals surface area contributed by atoms with Crippen LogP contribution in [0.4, 0.5) is 5.69 Å². The Hall–Kier alpha value is -1.67. The summed E-state index contributed by atoms with van der Waals surface area (Å²) in [5, 5.41) is 14.1. The van der Waals surface area contributed by atoms with Crippen LogP contribution in [0.2, 0.25) is 0 Å². The molecule has 2 rings (SSSR count). The molecule has 0 aromatic heterocycles. The van der Waals surface area contributed by atoms with Crippen LogP contribution in [0, 0.1) is 13.7 Å². The fraction of sp³-hybridized carbons (Fsp3) is 0.143. The first-order chi connectivity index (χ1) is 9.60. The standard InChI is InChI=1S/C14H13IN2O3/c1-16-9-10-3-2-4-12(7-10)20-14-6-5-11(15)8-13(14)17(18)19/h2-8,16H,9H2,1H3. The van der Waals surface area contributed by atoms with E-state index in [1.807, 2.05) is 47.8 Å². The van der Waals surface area contributed by atoms with E-state index in [0.29, 0.717) is 12.3 Å². The highest BCUT2D eigenvalue weighted by Crippen LogP contribution is 2.32. The van der Waals surface area contributed by atoms with Gasteiger partial charge in [0.25, 0.3) is 0 Å². The molecule has 0 unspecified atom stereocenters. The maximum absolute atomic E-state index is 11.0. The summed E-state index contributed by atoms with van der Waals surface area (Å²) in [6.45, 7) is 0.714. The van der Waals surface area contributed by atoms with Gasteiger partial charge in [0.1, 0.15) is 5.75 Å². The van der Waals surface area contributed by atoms with Crippen LogP contribution in [0.3, 0.4) is 0 Å². The highest BCUT2D eigenvalue weighted by molar-refractivity contribution is 14.1. The minimum atomic E-state index is -0.436. The highest BCUT2D eigenvalue weighted by Gasteiger charge is 2.16. The predicted molar refractivity (Wildman–Crippen MR) is 85.1 cm³/mol. The Labute approximate surface area is 130 Å². The summed E-state index contributed by atoms with van der Waals surface area (Å²) >= 11 is 2.03. The Balaban J connectivity index is 2.30. The third-order valence-corrected chi connectivity index (χ3v) is 3.30. The highest BCUT2D eigenvalue weighted by atomic mass is 127. The molecule has 1 N–H and O–H groups in total. The number of rotatable bonds is 5. The molecule has 0 spiro atoms. The molecule has 0 saturated carbocycles. The van der Waals surface area contributed by atoms with Gasteiger partial charge in [-0.05, 0) is 59.5 Å². The van der Waals surface area contributed by atoms with Crippen molar-refractivity contribution < 1.29 is 9.66 Å². The van der Waals surface area contributed by atoms with Crippen molar-refractivity contribution in [3.8, 4) is 11.5 Å². The molecule has 2 aromatic rings. The predicted octanol–water partition coefficient (Wildman–Crippen LogP) is 3.71. The first kappa shape index (κ1) is 14.7. The summed E-state index contributed by atoms with van der Waals surface area (Å²) in [4.78, 5) is 10.6. The molecular formula is C14H13IN2O3. The van der Waals surface area contributed by atoms with Gasteiger partial charge in [0, 0.05) is 16.2 Å². The Bertz CT molecular complexity index is 632. The Morgan fingerprint density at radius 2 is 2.10 bits per heavy atom. The van der Waals surface area contributed by atoms with Crippen LogP contribution in [0.25, 0.3) is 0 Å². The Morgan fingerprint density at radius 1 is 1.30 bits per heavy atom. The van der Waals surface area contributed by atoms with E-state index in [9.17, 15) is 10.1 Å². The van der Waals surface area contributed by atoms with Crippen molar-refractivity contribution in [1.82, 2.24) is 5.32 Å². The molecule has 0 aliphatic heterocycles. The zero-order valence-corrected chi connectivity index (χ0v) is 13.0. The zero-order valence-electron chi connectivity index (χ0n) is 10.8. The largest absolute Gasteiger partial charge is 0.450 e. The third-order valence-electron chi connectivity index (χ3n) is 2.62. The number of hydrogen-bond donors (Lipinski definition) is 1. The SMILES string of the molecule is CNCc1cccc(Oc2ccc(I)cc2[N+](=O)[O-])c1. The molecule has 20 heavy (non-hydrogen) atoms. The number of nitro benzene ring substituents is 1. The number of nitro groups is 1. The van der Waals surface area contributed by atoms with Crippen LogP contribution in [0.1, 0.15) is 5.56 Å². The van der Waals surface area contributed by atoms with Gasteiger partial charge >= 0.3 is 5.69 Å². The van der Waals surface area contributed by atoms with Crippen LogP contribution < -0.4 is 10.1 Å². The Morgan fingerprint density at radius 3 is 2.80 bits per heavy atom. The average Bonchev–Trinajstić information content (AvgIpc) is 2.41. The topological polar surface area (TPSA) is 64.4 Å². The summed E-state index contributed by atoms with van der Waals surface area (Å²) in [5.41, 5.74) is 1.02. The molecule has 0 atom stereocenters. The molecule has 0 fully saturated rings. The van der Waals surface area contributed by atoms with E-state index in [1.165, 1.54) is 6.07 Å². The average molecular weight is 384 g/mol. The van der Waals surface area contributed by atoms with E-state index in [0.717, 1.165) is 9.13 Å². The third kappa shape index (κ3) is 3.67. The van der Waals surface area contributed by atoms with Crippen molar-refractivity contribution in [3.63, 3.8) is 0 Å². The summed E-state index contributed by atoms with van der Waals surface area (Å²) in [7, 11) is 1.86. The lowest BCUT2D eigenvalue weighted by molar-refractivity contribution is -0.385. The van der Waals surface area contributed by atoms with Crippen molar-refractivity contribution in [3.05, 3.63) is 61.7 Å². The molecule has 104 valence electrons. The number of nitrogens with zero attached hydrogens (tertiary/aromatic N) is 1. The van der Waals surface area contributed by atoms with Crippen molar-refractivity contribution in [1.29, 1.82) is 0 Å². The summed E-state index contributed by atoms with van der Waals surface area (Å²) < 4.78 is 6.44.